The topological polar surface area (TPSA) is 50.7 Å². The monoisotopic (exact) mass is 191 g/mol. The lowest BCUT2D eigenvalue weighted by molar-refractivity contribution is 0.0483. The van der Waals surface area contributed by atoms with Crippen molar-refractivity contribution in [1.29, 1.82) is 0 Å². The average Bonchev–Trinajstić information content (AvgIpc) is 2.17. The molecule has 0 aliphatic rings. The molecule has 0 aromatic rings. The fourth-order valence-corrected chi connectivity index (χ4v) is 0.892. The minimum Gasteiger partial charge on any atom is -0.395 e. The van der Waals surface area contributed by atoms with Crippen molar-refractivity contribution in [2.75, 3.05) is 40.1 Å². The number of hydrogen-bond acceptors (Lipinski definition) is 4. The molecule has 0 bridgehead atoms. The molecule has 0 rings (SSSR count). The summed E-state index contributed by atoms with van der Waals surface area (Å²) in [6, 6.07) is 0.0526. The van der Waals surface area contributed by atoms with E-state index in [-0.39, 0.29) is 12.6 Å². The van der Waals surface area contributed by atoms with Crippen LogP contribution in [0.2, 0.25) is 0 Å². The van der Waals surface area contributed by atoms with Crippen molar-refractivity contribution in [3.63, 3.8) is 0 Å². The normalized spacial score (nSPS) is 13.2. The second kappa shape index (κ2) is 9.92. The highest BCUT2D eigenvalue weighted by Crippen LogP contribution is 1.86. The van der Waals surface area contributed by atoms with Crippen LogP contribution in [0.15, 0.2) is 0 Å². The molecule has 0 aliphatic carbocycles. The predicted octanol–water partition coefficient (Wildman–Crippen LogP) is 0.00990. The second-order valence-electron chi connectivity index (χ2n) is 2.90. The van der Waals surface area contributed by atoms with Crippen LogP contribution in [0, 0.1) is 0 Å². The van der Waals surface area contributed by atoms with Crippen LogP contribution in [-0.4, -0.2) is 51.2 Å². The summed E-state index contributed by atoms with van der Waals surface area (Å²) in [6.07, 6.45) is 1.06. The lowest BCUT2D eigenvalue weighted by Crippen LogP contribution is -2.37. The first-order chi connectivity index (χ1) is 6.35. The first-order valence-corrected chi connectivity index (χ1v) is 4.76. The van der Waals surface area contributed by atoms with Gasteiger partial charge in [0.1, 0.15) is 0 Å². The van der Waals surface area contributed by atoms with Crippen LogP contribution in [0.3, 0.4) is 0 Å². The Hall–Kier alpha value is -0.160. The van der Waals surface area contributed by atoms with Gasteiger partial charge < -0.3 is 19.9 Å². The number of nitrogens with one attached hydrogen (secondary N) is 1. The molecule has 0 heterocycles. The summed E-state index contributed by atoms with van der Waals surface area (Å²) >= 11 is 0. The van der Waals surface area contributed by atoms with Gasteiger partial charge in [0.05, 0.1) is 32.5 Å². The molecule has 0 spiro atoms. The van der Waals surface area contributed by atoms with Crippen molar-refractivity contribution < 1.29 is 14.6 Å². The van der Waals surface area contributed by atoms with Crippen molar-refractivity contribution in [2.24, 2.45) is 0 Å². The highest BCUT2D eigenvalue weighted by molar-refractivity contribution is 4.63. The van der Waals surface area contributed by atoms with Gasteiger partial charge in [0, 0.05) is 7.11 Å². The van der Waals surface area contributed by atoms with Gasteiger partial charge in [0.25, 0.3) is 0 Å². The van der Waals surface area contributed by atoms with Gasteiger partial charge in [-0.15, -0.1) is 0 Å². The number of aliphatic hydroxyl groups excluding tert-OH is 1. The molecule has 0 radical (unpaired) electrons. The van der Waals surface area contributed by atoms with Crippen molar-refractivity contribution in [1.82, 2.24) is 5.32 Å². The molecule has 13 heavy (non-hydrogen) atoms. The van der Waals surface area contributed by atoms with Gasteiger partial charge >= 0.3 is 0 Å². The van der Waals surface area contributed by atoms with Crippen LogP contribution in [0.1, 0.15) is 13.3 Å². The van der Waals surface area contributed by atoms with Gasteiger partial charge in [-0.05, 0) is 13.0 Å². The SMILES string of the molecule is CCCNC(CO)COCCOC. The first kappa shape index (κ1) is 12.8. The molecule has 0 aromatic heterocycles. The third kappa shape index (κ3) is 8.18. The van der Waals surface area contributed by atoms with E-state index in [0.717, 1.165) is 13.0 Å². The van der Waals surface area contributed by atoms with Crippen LogP contribution in [0.4, 0.5) is 0 Å². The molecular formula is C9H21NO3. The molecule has 0 aliphatic heterocycles. The van der Waals surface area contributed by atoms with E-state index >= 15 is 0 Å². The number of rotatable bonds is 9. The molecular weight excluding hydrogens is 170 g/mol. The van der Waals surface area contributed by atoms with Crippen molar-refractivity contribution in [2.45, 2.75) is 19.4 Å². The summed E-state index contributed by atoms with van der Waals surface area (Å²) in [7, 11) is 1.64. The molecule has 0 aromatic carbocycles. The van der Waals surface area contributed by atoms with E-state index < -0.39 is 0 Å². The van der Waals surface area contributed by atoms with Crippen molar-refractivity contribution >= 4 is 0 Å². The van der Waals surface area contributed by atoms with Gasteiger partial charge in [-0.3, -0.25) is 0 Å². The molecule has 0 amide bonds. The average molecular weight is 191 g/mol. The highest BCUT2D eigenvalue weighted by Gasteiger charge is 2.04. The van der Waals surface area contributed by atoms with E-state index in [1.807, 2.05) is 0 Å². The first-order valence-electron chi connectivity index (χ1n) is 4.76. The Morgan fingerprint density at radius 1 is 1.38 bits per heavy atom. The van der Waals surface area contributed by atoms with Crippen LogP contribution in [-0.2, 0) is 9.47 Å². The number of ether oxygens (including phenoxy) is 2. The molecule has 80 valence electrons. The van der Waals surface area contributed by atoms with Crippen LogP contribution < -0.4 is 5.32 Å². The smallest absolute Gasteiger partial charge is 0.0701 e. The summed E-state index contributed by atoms with van der Waals surface area (Å²) in [5, 5.41) is 12.1. The largest absolute Gasteiger partial charge is 0.395 e. The van der Waals surface area contributed by atoms with E-state index in [9.17, 15) is 0 Å². The zero-order valence-corrected chi connectivity index (χ0v) is 8.58. The maximum atomic E-state index is 8.94. The third-order valence-corrected chi connectivity index (χ3v) is 1.65. The van der Waals surface area contributed by atoms with Crippen molar-refractivity contribution in [3.8, 4) is 0 Å². The highest BCUT2D eigenvalue weighted by atomic mass is 16.5. The maximum absolute atomic E-state index is 8.94. The number of methoxy groups -OCH3 is 1. The van der Waals surface area contributed by atoms with E-state index in [4.69, 9.17) is 14.6 Å². The summed E-state index contributed by atoms with van der Waals surface area (Å²) in [4.78, 5) is 0. The summed E-state index contributed by atoms with van der Waals surface area (Å²) < 4.78 is 10.1. The third-order valence-electron chi connectivity index (χ3n) is 1.65. The van der Waals surface area contributed by atoms with Crippen LogP contribution in [0.25, 0.3) is 0 Å². The standard InChI is InChI=1S/C9H21NO3/c1-3-4-10-9(7-11)8-13-6-5-12-2/h9-11H,3-8H2,1-2H3. The van der Waals surface area contributed by atoms with Gasteiger partial charge in [0.2, 0.25) is 0 Å². The predicted molar refractivity (Wildman–Crippen MR) is 51.9 cm³/mol. The molecule has 2 N–H and O–H groups in total. The zero-order chi connectivity index (χ0) is 9.94. The van der Waals surface area contributed by atoms with Crippen LogP contribution >= 0.6 is 0 Å². The van der Waals surface area contributed by atoms with Crippen molar-refractivity contribution in [3.05, 3.63) is 0 Å². The molecule has 1 atom stereocenters. The molecule has 0 saturated heterocycles. The lowest BCUT2D eigenvalue weighted by Gasteiger charge is -2.15. The van der Waals surface area contributed by atoms with E-state index in [2.05, 4.69) is 12.2 Å². The number of hydrogen-bond donors (Lipinski definition) is 2. The summed E-state index contributed by atoms with van der Waals surface area (Å²) in [5.74, 6) is 0. The quantitative estimate of drug-likeness (QED) is 0.504. The Bertz CT molecular complexity index is 101. The zero-order valence-electron chi connectivity index (χ0n) is 8.58. The molecule has 0 fully saturated rings. The Morgan fingerprint density at radius 3 is 2.69 bits per heavy atom. The van der Waals surface area contributed by atoms with E-state index in [0.29, 0.717) is 19.8 Å². The fourth-order valence-electron chi connectivity index (χ4n) is 0.892. The summed E-state index contributed by atoms with van der Waals surface area (Å²) in [5.41, 5.74) is 0. The van der Waals surface area contributed by atoms with Crippen LogP contribution in [0.5, 0.6) is 0 Å². The number of aliphatic hydroxyl groups is 1. The lowest BCUT2D eigenvalue weighted by atomic mass is 10.3. The van der Waals surface area contributed by atoms with Gasteiger partial charge in [-0.1, -0.05) is 6.92 Å². The van der Waals surface area contributed by atoms with Gasteiger partial charge in [-0.25, -0.2) is 0 Å². The minimum atomic E-state index is 0.0526. The Balaban J connectivity index is 3.25. The molecule has 1 unspecified atom stereocenters. The minimum absolute atomic E-state index is 0.0526. The Labute approximate surface area is 80.2 Å². The summed E-state index contributed by atoms with van der Waals surface area (Å²) in [6.45, 7) is 4.85. The molecule has 0 saturated carbocycles. The van der Waals surface area contributed by atoms with E-state index in [1.165, 1.54) is 0 Å². The Morgan fingerprint density at radius 2 is 2.15 bits per heavy atom. The molecule has 4 nitrogen and oxygen atoms in total. The van der Waals surface area contributed by atoms with E-state index in [1.54, 1.807) is 7.11 Å². The van der Waals surface area contributed by atoms with Gasteiger partial charge in [-0.2, -0.15) is 0 Å². The van der Waals surface area contributed by atoms with Gasteiger partial charge in [0.15, 0.2) is 0 Å². The fraction of sp³-hybridized carbons (Fsp3) is 1.00. The maximum Gasteiger partial charge on any atom is 0.0701 e. The Kier molecular flexibility index (Phi) is 9.80. The second-order valence-corrected chi connectivity index (χ2v) is 2.90. The molecule has 4 heteroatoms.